The van der Waals surface area contributed by atoms with E-state index in [1.54, 1.807) is 0 Å². The van der Waals surface area contributed by atoms with Crippen LogP contribution in [0.5, 0.6) is 0 Å². The van der Waals surface area contributed by atoms with Crippen LogP contribution >= 0.6 is 10.5 Å². The Balaban J connectivity index is 4.46. The Morgan fingerprint density at radius 1 is 1.00 bits per heavy atom. The molecule has 0 rings (SSSR count). The number of alkyl halides is 3. The van der Waals surface area contributed by atoms with Gasteiger partial charge in [-0.2, -0.15) is 13.2 Å². The molecule has 0 aromatic rings. The molecule has 0 unspecified atom stereocenters. The molecule has 0 aliphatic rings. The SMILES string of the molecule is O=C(OOS(F)(F)(F)(F)F)C(F)(F)F. The van der Waals surface area contributed by atoms with Crippen molar-refractivity contribution in [2.24, 2.45) is 0 Å². The fourth-order valence-corrected chi connectivity index (χ4v) is 0.333. The maximum Gasteiger partial charge on any atom is 0.494 e. The quantitative estimate of drug-likeness (QED) is 0.432. The van der Waals surface area contributed by atoms with Crippen molar-refractivity contribution in [1.29, 1.82) is 0 Å². The van der Waals surface area contributed by atoms with Crippen LogP contribution in [-0.4, -0.2) is 12.1 Å². The van der Waals surface area contributed by atoms with E-state index in [-0.39, 0.29) is 0 Å². The van der Waals surface area contributed by atoms with E-state index in [2.05, 4.69) is 0 Å². The van der Waals surface area contributed by atoms with E-state index >= 15 is 0 Å². The molecule has 0 saturated carbocycles. The second kappa shape index (κ2) is 2.42. The maximum absolute atomic E-state index is 11.1. The van der Waals surface area contributed by atoms with Crippen molar-refractivity contribution in [3.8, 4) is 0 Å². The summed E-state index contributed by atoms with van der Waals surface area (Å²) in [5, 5.41) is 0. The lowest BCUT2D eigenvalue weighted by molar-refractivity contribution is -0.267. The van der Waals surface area contributed by atoms with Crippen molar-refractivity contribution in [1.82, 2.24) is 0 Å². The molecule has 0 bridgehead atoms. The largest absolute Gasteiger partial charge is 0.494 e. The Labute approximate surface area is 70.4 Å². The van der Waals surface area contributed by atoms with Crippen LogP contribution in [0.1, 0.15) is 0 Å². The summed E-state index contributed by atoms with van der Waals surface area (Å²) >= 11 is 0. The van der Waals surface area contributed by atoms with E-state index in [1.807, 2.05) is 4.89 Å². The van der Waals surface area contributed by atoms with Gasteiger partial charge in [-0.25, -0.2) is 4.79 Å². The lowest BCUT2D eigenvalue weighted by Crippen LogP contribution is -2.27. The fourth-order valence-electron chi connectivity index (χ4n) is 0.142. The first-order valence-corrected chi connectivity index (χ1v) is 4.21. The first-order chi connectivity index (χ1) is 5.60. The molecule has 0 atom stereocenters. The average molecular weight is 256 g/mol. The molecule has 12 heteroatoms. The number of carbonyl (C=O) groups is 1. The van der Waals surface area contributed by atoms with Crippen molar-refractivity contribution in [2.45, 2.75) is 6.18 Å². The minimum atomic E-state index is -10.6. The molecule has 88 valence electrons. The van der Waals surface area contributed by atoms with Gasteiger partial charge in [0.2, 0.25) is 0 Å². The smallest absolute Gasteiger partial charge is 0.268 e. The lowest BCUT2D eigenvalue weighted by Gasteiger charge is -2.35. The summed E-state index contributed by atoms with van der Waals surface area (Å²) < 4.78 is 90.2. The van der Waals surface area contributed by atoms with Crippen LogP contribution < -0.4 is 0 Å². The summed E-state index contributed by atoms with van der Waals surface area (Å²) in [6, 6.07) is 0. The van der Waals surface area contributed by atoms with Gasteiger partial charge in [-0.15, -0.1) is 0 Å². The average Bonchev–Trinajstić information content (AvgIpc) is 1.75. The van der Waals surface area contributed by atoms with Gasteiger partial charge in [-0.05, 0) is 4.33 Å². The van der Waals surface area contributed by atoms with E-state index < -0.39 is 22.7 Å². The van der Waals surface area contributed by atoms with Gasteiger partial charge >= 0.3 is 22.7 Å². The standard InChI is InChI=1S/C2F8O3S/c3-2(4,5)1(11)12-13-14(6,7,8,9)10. The van der Waals surface area contributed by atoms with Crippen LogP contribution in [0.2, 0.25) is 0 Å². The van der Waals surface area contributed by atoms with Crippen molar-refractivity contribution >= 4 is 16.5 Å². The molecule has 0 aromatic heterocycles. The first-order valence-electron chi connectivity index (χ1n) is 2.33. The molecule has 0 amide bonds. The first kappa shape index (κ1) is 13.2. The highest BCUT2D eigenvalue weighted by Crippen LogP contribution is 2.98. The fraction of sp³-hybridized carbons (Fsp3) is 0.500. The molecular formula is C2F8O3S. The highest BCUT2D eigenvalue weighted by atomic mass is 32.5. The third kappa shape index (κ3) is 6.71. The normalized spacial score (nSPS) is 18.3. The molecule has 0 aromatic carbocycles. The third-order valence-electron chi connectivity index (χ3n) is 0.470. The monoisotopic (exact) mass is 256 g/mol. The molecular weight excluding hydrogens is 256 g/mol. The summed E-state index contributed by atoms with van der Waals surface area (Å²) in [6.45, 7) is 0. The lowest BCUT2D eigenvalue weighted by atomic mass is 10.7. The summed E-state index contributed by atoms with van der Waals surface area (Å²) in [5.74, 6) is -3.54. The van der Waals surface area contributed by atoms with Gasteiger partial charge in [0.15, 0.2) is 0 Å². The molecule has 0 aliphatic carbocycles. The zero-order valence-corrected chi connectivity index (χ0v) is 6.47. The minimum absolute atomic E-state index is 1.31. The Morgan fingerprint density at radius 3 is 1.57 bits per heavy atom. The zero-order chi connectivity index (χ0) is 11.9. The van der Waals surface area contributed by atoms with Gasteiger partial charge < -0.3 is 0 Å². The number of rotatable bonds is 2. The van der Waals surface area contributed by atoms with Crippen molar-refractivity contribution < 1.29 is 46.6 Å². The molecule has 0 fully saturated rings. The van der Waals surface area contributed by atoms with E-state index in [1.165, 1.54) is 4.33 Å². The molecule has 0 radical (unpaired) electrons. The van der Waals surface area contributed by atoms with E-state index in [0.717, 1.165) is 0 Å². The van der Waals surface area contributed by atoms with Crippen LogP contribution in [-0.2, 0) is 14.0 Å². The van der Waals surface area contributed by atoms with Crippen LogP contribution in [0.15, 0.2) is 0 Å². The van der Waals surface area contributed by atoms with Gasteiger partial charge in [0.1, 0.15) is 0 Å². The Morgan fingerprint density at radius 2 is 1.36 bits per heavy atom. The number of carbonyl (C=O) groups excluding carboxylic acids is 1. The Hall–Kier alpha value is -0.780. The number of hydrogen-bond acceptors (Lipinski definition) is 3. The van der Waals surface area contributed by atoms with Crippen LogP contribution in [0.4, 0.5) is 32.6 Å². The molecule has 14 heavy (non-hydrogen) atoms. The number of halogens is 8. The topological polar surface area (TPSA) is 35.5 Å². The number of hydrogen-bond donors (Lipinski definition) is 0. The minimum Gasteiger partial charge on any atom is -0.268 e. The van der Waals surface area contributed by atoms with Crippen molar-refractivity contribution in [3.05, 3.63) is 0 Å². The third-order valence-corrected chi connectivity index (χ3v) is 0.795. The van der Waals surface area contributed by atoms with Gasteiger partial charge in [0.05, 0.1) is 0 Å². The highest BCUT2D eigenvalue weighted by molar-refractivity contribution is 8.42. The highest BCUT2D eigenvalue weighted by Gasteiger charge is 2.69. The van der Waals surface area contributed by atoms with E-state index in [9.17, 15) is 37.4 Å². The second-order valence-electron chi connectivity index (χ2n) is 1.83. The van der Waals surface area contributed by atoms with Gasteiger partial charge in [-0.3, -0.25) is 4.89 Å². The second-order valence-corrected chi connectivity index (χ2v) is 3.77. The van der Waals surface area contributed by atoms with Gasteiger partial charge in [0.25, 0.3) is 0 Å². The molecule has 3 nitrogen and oxygen atoms in total. The summed E-state index contributed by atoms with van der Waals surface area (Å²) in [4.78, 5) is 11.4. The Bertz CT molecular complexity index is 246. The molecule has 0 saturated heterocycles. The molecule has 0 aliphatic heterocycles. The van der Waals surface area contributed by atoms with Crippen LogP contribution in [0, 0.1) is 0 Å². The maximum atomic E-state index is 11.1. The predicted molar refractivity (Wildman–Crippen MR) is 26.4 cm³/mol. The van der Waals surface area contributed by atoms with Crippen molar-refractivity contribution in [3.63, 3.8) is 0 Å². The zero-order valence-electron chi connectivity index (χ0n) is 5.66. The molecule has 0 spiro atoms. The summed E-state index contributed by atoms with van der Waals surface area (Å²) in [6.07, 6.45) is -5.86. The van der Waals surface area contributed by atoms with Crippen LogP contribution in [0.25, 0.3) is 0 Å². The van der Waals surface area contributed by atoms with Crippen LogP contribution in [0.3, 0.4) is 0 Å². The van der Waals surface area contributed by atoms with Gasteiger partial charge in [0, 0.05) is 0 Å². The van der Waals surface area contributed by atoms with E-state index in [0.29, 0.717) is 0 Å². The molecule has 0 heterocycles. The predicted octanol–water partition coefficient (Wildman–Crippen LogP) is 3.24. The van der Waals surface area contributed by atoms with Gasteiger partial charge in [-0.1, -0.05) is 19.4 Å². The molecule has 0 N–H and O–H groups in total. The van der Waals surface area contributed by atoms with E-state index in [4.69, 9.17) is 0 Å². The van der Waals surface area contributed by atoms with Crippen molar-refractivity contribution in [2.75, 3.05) is 0 Å². The Kier molecular flexibility index (Phi) is 2.28. The summed E-state index contributed by atoms with van der Waals surface area (Å²) in [7, 11) is -10.6. The summed E-state index contributed by atoms with van der Waals surface area (Å²) in [5.41, 5.74) is 0.